The highest BCUT2D eigenvalue weighted by Gasteiger charge is 2.39. The minimum atomic E-state index is -3.62. The fraction of sp³-hybridized carbons (Fsp3) is 0.476. The molecule has 0 amide bonds. The van der Waals surface area contributed by atoms with Gasteiger partial charge in [-0.15, -0.1) is 0 Å². The molecule has 1 fully saturated rings. The number of halogens is 1. The lowest BCUT2D eigenvalue weighted by atomic mass is 10.1. The molecule has 1 saturated carbocycles. The molecular formula is C21H30ClN3O3S. The minimum absolute atomic E-state index is 0.0517. The lowest BCUT2D eigenvalue weighted by molar-refractivity contribution is 0.361. The van der Waals surface area contributed by atoms with Gasteiger partial charge in [0.1, 0.15) is 16.7 Å². The van der Waals surface area contributed by atoms with Gasteiger partial charge in [0.05, 0.1) is 12.0 Å². The highest BCUT2D eigenvalue weighted by Crippen LogP contribution is 2.35. The van der Waals surface area contributed by atoms with E-state index in [4.69, 9.17) is 16.3 Å². The van der Waals surface area contributed by atoms with Crippen molar-refractivity contribution >= 4 is 27.5 Å². The molecule has 2 rings (SSSR count). The first-order valence-electron chi connectivity index (χ1n) is 9.53. The number of likely N-dealkylation sites (N-methyl/N-ethyl adjacent to an activating group) is 1. The second kappa shape index (κ2) is 9.78. The number of hydrogen-bond donors (Lipinski definition) is 0. The summed E-state index contributed by atoms with van der Waals surface area (Å²) in [5.41, 5.74) is 1.39. The number of ether oxygens (including phenoxy) is 1. The maximum Gasteiger partial charge on any atom is 0.243 e. The number of aryl methyl sites for hydroxylation is 2. The van der Waals surface area contributed by atoms with Gasteiger partial charge >= 0.3 is 0 Å². The molecule has 0 aliphatic heterocycles. The molecule has 8 heteroatoms. The number of nitrogens with zero attached hydrogens (tertiary/aromatic N) is 3. The molecule has 1 aromatic carbocycles. The molecular weight excluding hydrogens is 410 g/mol. The number of benzene rings is 1. The second-order valence-corrected chi connectivity index (χ2v) is 9.46. The summed E-state index contributed by atoms with van der Waals surface area (Å²) in [5.74, 6) is 1.37. The Labute approximate surface area is 179 Å². The molecule has 1 aliphatic rings. The van der Waals surface area contributed by atoms with Crippen LogP contribution >= 0.6 is 11.6 Å². The Morgan fingerprint density at radius 1 is 1.31 bits per heavy atom. The van der Waals surface area contributed by atoms with Gasteiger partial charge in [0, 0.05) is 26.2 Å². The Morgan fingerprint density at radius 3 is 2.38 bits per heavy atom. The molecule has 0 spiro atoms. The van der Waals surface area contributed by atoms with Crippen molar-refractivity contribution in [3.63, 3.8) is 0 Å². The first-order valence-corrected chi connectivity index (χ1v) is 11.3. The standard InChI is InChI=1S/C21H30ClN3O3S/c1-7-8-20(22)23-17(4)24(5)11-12-25(18-9-10-18)29(26,27)21-15(2)13-19(28-6)14-16(21)3/h7-8,13-14,18H,1,9-12H2,2-6H3. The Hall–Kier alpha value is -1.83. The van der Waals surface area contributed by atoms with Gasteiger partial charge < -0.3 is 9.64 Å². The lowest BCUT2D eigenvalue weighted by Gasteiger charge is -2.27. The molecule has 0 radical (unpaired) electrons. The van der Waals surface area contributed by atoms with Crippen LogP contribution < -0.4 is 4.74 Å². The van der Waals surface area contributed by atoms with Crippen molar-refractivity contribution in [3.8, 4) is 5.75 Å². The van der Waals surface area contributed by atoms with Crippen molar-refractivity contribution in [2.75, 3.05) is 27.2 Å². The summed E-state index contributed by atoms with van der Waals surface area (Å²) in [6, 6.07) is 3.58. The molecule has 0 heterocycles. The van der Waals surface area contributed by atoms with Crippen molar-refractivity contribution < 1.29 is 13.2 Å². The topological polar surface area (TPSA) is 62.2 Å². The van der Waals surface area contributed by atoms with E-state index < -0.39 is 10.0 Å². The number of hydrogen-bond acceptors (Lipinski definition) is 4. The Kier molecular flexibility index (Phi) is 7.91. The van der Waals surface area contributed by atoms with E-state index in [2.05, 4.69) is 11.6 Å². The van der Waals surface area contributed by atoms with Gasteiger partial charge in [-0.1, -0.05) is 24.3 Å². The maximum atomic E-state index is 13.5. The van der Waals surface area contributed by atoms with Gasteiger partial charge in [0.15, 0.2) is 0 Å². The number of sulfonamides is 1. The quantitative estimate of drug-likeness (QED) is 0.252. The van der Waals surface area contributed by atoms with E-state index in [0.717, 1.165) is 12.8 Å². The van der Waals surface area contributed by atoms with Gasteiger partial charge in [-0.3, -0.25) is 0 Å². The SMILES string of the molecule is C=CC=C(Cl)N=C(C)N(C)CCN(C1CC1)S(=O)(=O)c1c(C)cc(OC)cc1C. The van der Waals surface area contributed by atoms with Gasteiger partial charge in [-0.05, 0) is 62.9 Å². The Bertz CT molecular complexity index is 898. The number of rotatable bonds is 9. The number of aliphatic imine (C=N–C) groups is 1. The van der Waals surface area contributed by atoms with E-state index >= 15 is 0 Å². The molecule has 6 nitrogen and oxygen atoms in total. The van der Waals surface area contributed by atoms with E-state index in [-0.39, 0.29) is 6.04 Å². The molecule has 0 saturated heterocycles. The van der Waals surface area contributed by atoms with E-state index in [1.165, 1.54) is 0 Å². The van der Waals surface area contributed by atoms with Crippen LogP contribution in [0.3, 0.4) is 0 Å². The van der Waals surface area contributed by atoms with Gasteiger partial charge in [0.2, 0.25) is 10.0 Å². The van der Waals surface area contributed by atoms with Gasteiger partial charge in [0.25, 0.3) is 0 Å². The second-order valence-electron chi connectivity index (χ2n) is 7.24. The molecule has 1 aromatic rings. The average molecular weight is 440 g/mol. The van der Waals surface area contributed by atoms with Crippen LogP contribution in [-0.4, -0.2) is 56.7 Å². The van der Waals surface area contributed by atoms with E-state index in [0.29, 0.717) is 45.9 Å². The fourth-order valence-corrected chi connectivity index (χ4v) is 5.50. The third-order valence-electron chi connectivity index (χ3n) is 4.92. The van der Waals surface area contributed by atoms with E-state index in [1.54, 1.807) is 35.7 Å². The minimum Gasteiger partial charge on any atom is -0.497 e. The van der Waals surface area contributed by atoms with Crippen molar-refractivity contribution in [2.45, 2.75) is 44.6 Å². The zero-order valence-electron chi connectivity index (χ0n) is 17.8. The molecule has 160 valence electrons. The monoisotopic (exact) mass is 439 g/mol. The predicted octanol–water partition coefficient (Wildman–Crippen LogP) is 4.08. The van der Waals surface area contributed by atoms with Gasteiger partial charge in [-0.25, -0.2) is 13.4 Å². The average Bonchev–Trinajstić information content (AvgIpc) is 3.45. The maximum absolute atomic E-state index is 13.5. The fourth-order valence-electron chi connectivity index (χ4n) is 3.20. The van der Waals surface area contributed by atoms with E-state index in [1.807, 2.05) is 32.7 Å². The third kappa shape index (κ3) is 5.84. The molecule has 29 heavy (non-hydrogen) atoms. The molecule has 0 aromatic heterocycles. The summed E-state index contributed by atoms with van der Waals surface area (Å²) in [6.07, 6.45) is 4.95. The summed E-state index contributed by atoms with van der Waals surface area (Å²) in [7, 11) is -0.165. The molecule has 0 bridgehead atoms. The summed E-state index contributed by atoms with van der Waals surface area (Å²) < 4.78 is 33.9. The van der Waals surface area contributed by atoms with E-state index in [9.17, 15) is 8.42 Å². The van der Waals surface area contributed by atoms with Crippen molar-refractivity contribution in [1.29, 1.82) is 0 Å². The van der Waals surface area contributed by atoms with Crippen LogP contribution in [-0.2, 0) is 10.0 Å². The van der Waals surface area contributed by atoms with Crippen LogP contribution in [0.5, 0.6) is 5.75 Å². The largest absolute Gasteiger partial charge is 0.497 e. The highest BCUT2D eigenvalue weighted by molar-refractivity contribution is 7.89. The van der Waals surface area contributed by atoms with Crippen molar-refractivity contribution in [2.24, 2.45) is 4.99 Å². The Morgan fingerprint density at radius 2 is 1.90 bits per heavy atom. The normalized spacial score (nSPS) is 15.6. The summed E-state index contributed by atoms with van der Waals surface area (Å²) in [4.78, 5) is 6.56. The molecule has 0 N–H and O–H groups in total. The third-order valence-corrected chi connectivity index (χ3v) is 7.39. The lowest BCUT2D eigenvalue weighted by Crippen LogP contribution is -2.40. The van der Waals surface area contributed by atoms with Crippen LogP contribution in [0.25, 0.3) is 0 Å². The predicted molar refractivity (Wildman–Crippen MR) is 119 cm³/mol. The van der Waals surface area contributed by atoms with Crippen LogP contribution in [0, 0.1) is 13.8 Å². The van der Waals surface area contributed by atoms with Crippen LogP contribution in [0.15, 0.2) is 45.9 Å². The van der Waals surface area contributed by atoms with Crippen molar-refractivity contribution in [3.05, 3.63) is 47.1 Å². The highest BCUT2D eigenvalue weighted by atomic mass is 35.5. The zero-order chi connectivity index (χ0) is 21.8. The zero-order valence-corrected chi connectivity index (χ0v) is 19.3. The Balaban J connectivity index is 2.24. The first-order chi connectivity index (χ1) is 13.6. The number of allylic oxidation sites excluding steroid dienone is 2. The molecule has 1 aliphatic carbocycles. The van der Waals surface area contributed by atoms with Crippen molar-refractivity contribution in [1.82, 2.24) is 9.21 Å². The first kappa shape index (κ1) is 23.4. The van der Waals surface area contributed by atoms with Crippen LogP contribution in [0.4, 0.5) is 0 Å². The van der Waals surface area contributed by atoms with Gasteiger partial charge in [-0.2, -0.15) is 4.31 Å². The summed E-state index contributed by atoms with van der Waals surface area (Å²) >= 11 is 6.01. The number of amidine groups is 1. The summed E-state index contributed by atoms with van der Waals surface area (Å²) in [5, 5.41) is 0.334. The summed E-state index contributed by atoms with van der Waals surface area (Å²) in [6.45, 7) is 9.95. The number of methoxy groups -OCH3 is 1. The molecule has 0 atom stereocenters. The van der Waals surface area contributed by atoms with Crippen LogP contribution in [0.2, 0.25) is 0 Å². The van der Waals surface area contributed by atoms with Crippen LogP contribution in [0.1, 0.15) is 30.9 Å². The molecule has 0 unspecified atom stereocenters. The smallest absolute Gasteiger partial charge is 0.243 e.